The number of rotatable bonds is 6. The van der Waals surface area contributed by atoms with Crippen molar-refractivity contribution in [3.05, 3.63) is 58.2 Å². The molecule has 28 heavy (non-hydrogen) atoms. The molecule has 0 aliphatic heterocycles. The van der Waals surface area contributed by atoms with Gasteiger partial charge in [0.05, 0.1) is 23.3 Å². The minimum atomic E-state index is -0.0587. The molecule has 1 N–H and O–H groups in total. The molecule has 3 aromatic heterocycles. The monoisotopic (exact) mass is 409 g/mol. The van der Waals surface area contributed by atoms with Gasteiger partial charge in [-0.3, -0.25) is 0 Å². The Morgan fingerprint density at radius 1 is 1.29 bits per heavy atom. The summed E-state index contributed by atoms with van der Waals surface area (Å²) in [6.07, 6.45) is 0. The molecule has 0 bridgehead atoms. The normalized spacial score (nSPS) is 12.1. The van der Waals surface area contributed by atoms with E-state index in [2.05, 4.69) is 26.6 Å². The van der Waals surface area contributed by atoms with E-state index in [-0.39, 0.29) is 17.1 Å². The van der Waals surface area contributed by atoms with E-state index in [9.17, 15) is 10.4 Å². The second kappa shape index (κ2) is 7.84. The van der Waals surface area contributed by atoms with E-state index in [0.717, 1.165) is 15.9 Å². The van der Waals surface area contributed by atoms with Crippen molar-refractivity contribution in [3.63, 3.8) is 0 Å². The fourth-order valence-corrected chi connectivity index (χ4v) is 4.21. The number of tetrazole rings is 1. The number of allylic oxidation sites excluding steroid dienone is 1. The van der Waals surface area contributed by atoms with Gasteiger partial charge in [-0.15, -0.1) is 16.4 Å². The Labute approximate surface area is 168 Å². The number of nitriles is 1. The zero-order valence-electron chi connectivity index (χ0n) is 14.8. The highest BCUT2D eigenvalue weighted by Crippen LogP contribution is 2.25. The lowest BCUT2D eigenvalue weighted by Gasteiger charge is -2.05. The Bertz CT molecular complexity index is 1180. The topological polar surface area (TPSA) is 105 Å². The van der Waals surface area contributed by atoms with Crippen LogP contribution in [0.3, 0.4) is 0 Å². The second-order valence-corrected chi connectivity index (χ2v) is 7.88. The molecule has 0 unspecified atom stereocenters. The number of benzene rings is 1. The summed E-state index contributed by atoms with van der Waals surface area (Å²) < 4.78 is 3.47. The van der Waals surface area contributed by atoms with E-state index in [1.165, 1.54) is 11.8 Å². The molecule has 3 heterocycles. The predicted molar refractivity (Wildman–Crippen MR) is 108 cm³/mol. The van der Waals surface area contributed by atoms with Crippen LogP contribution in [0.1, 0.15) is 10.7 Å². The van der Waals surface area contributed by atoms with Gasteiger partial charge in [-0.25, -0.2) is 9.67 Å². The van der Waals surface area contributed by atoms with Crippen LogP contribution in [0, 0.1) is 11.3 Å². The molecule has 0 spiro atoms. The summed E-state index contributed by atoms with van der Waals surface area (Å²) in [5, 5.41) is 34.5. The van der Waals surface area contributed by atoms with Crippen molar-refractivity contribution in [3.8, 4) is 6.07 Å². The largest absolute Gasteiger partial charge is 0.510 e. The van der Waals surface area contributed by atoms with Crippen molar-refractivity contribution < 1.29 is 5.11 Å². The number of fused-ring (bicyclic) bond motifs is 1. The lowest BCUT2D eigenvalue weighted by Crippen LogP contribution is -2.04. The predicted octanol–water partition coefficient (Wildman–Crippen LogP) is 3.25. The van der Waals surface area contributed by atoms with Crippen molar-refractivity contribution >= 4 is 39.7 Å². The number of thioether (sulfide) groups is 1. The average molecular weight is 410 g/mol. The number of hydrogen-bond donors (Lipinski definition) is 1. The number of nitrogens with zero attached hydrogens (tertiary/aromatic N) is 7. The molecular formula is C18H15N7OS2. The van der Waals surface area contributed by atoms with Crippen molar-refractivity contribution in [2.75, 3.05) is 5.75 Å². The summed E-state index contributed by atoms with van der Waals surface area (Å²) in [6.45, 7) is 0.563. The molecule has 0 saturated heterocycles. The van der Waals surface area contributed by atoms with E-state index < -0.39 is 0 Å². The van der Waals surface area contributed by atoms with Gasteiger partial charge >= 0.3 is 0 Å². The number of hydrogen-bond acceptors (Lipinski definition) is 8. The van der Waals surface area contributed by atoms with Gasteiger partial charge < -0.3 is 9.67 Å². The van der Waals surface area contributed by atoms with Crippen LogP contribution in [0.5, 0.6) is 0 Å². The Morgan fingerprint density at radius 3 is 2.89 bits per heavy atom. The molecule has 0 aliphatic carbocycles. The number of aliphatic hydroxyl groups is 1. The van der Waals surface area contributed by atoms with Crippen LogP contribution in [0.25, 0.3) is 16.6 Å². The zero-order valence-corrected chi connectivity index (χ0v) is 16.5. The van der Waals surface area contributed by atoms with Gasteiger partial charge in [-0.2, -0.15) is 5.26 Å². The number of aryl methyl sites for hydroxylation is 1. The van der Waals surface area contributed by atoms with E-state index in [1.807, 2.05) is 48.8 Å². The third-order valence-corrected chi connectivity index (χ3v) is 5.96. The van der Waals surface area contributed by atoms with Crippen molar-refractivity contribution in [1.82, 2.24) is 29.8 Å². The first-order valence-electron chi connectivity index (χ1n) is 8.32. The van der Waals surface area contributed by atoms with Gasteiger partial charge in [0.15, 0.2) is 5.82 Å². The molecule has 0 radical (unpaired) electrons. The van der Waals surface area contributed by atoms with Crippen LogP contribution in [0.15, 0.2) is 52.7 Å². The molecule has 0 amide bonds. The van der Waals surface area contributed by atoms with Crippen LogP contribution in [-0.2, 0) is 13.6 Å². The molecule has 10 heteroatoms. The third-order valence-electron chi connectivity index (χ3n) is 4.13. The second-order valence-electron chi connectivity index (χ2n) is 5.90. The summed E-state index contributed by atoms with van der Waals surface area (Å²) in [5.74, 6) is 0.535. The number of thiophene rings is 1. The standard InChI is InChI=1S/C18H15N7OS2/c1-24-15-7-3-2-6-14(15)20-17(24)13(9-19)16(26)11-28-18-21-22-23-25(18)10-12-5-4-8-27-12/h2-8,26H,10-11H2,1H3/b16-13-. The zero-order chi connectivity index (χ0) is 19.5. The number of aliphatic hydroxyl groups excluding tert-OH is 1. The maximum atomic E-state index is 10.6. The summed E-state index contributed by atoms with van der Waals surface area (Å²) in [4.78, 5) is 5.62. The van der Waals surface area contributed by atoms with Gasteiger partial charge in [0.2, 0.25) is 5.16 Å². The van der Waals surface area contributed by atoms with E-state index in [0.29, 0.717) is 17.5 Å². The molecule has 0 atom stereocenters. The fourth-order valence-electron chi connectivity index (χ4n) is 2.77. The first kappa shape index (κ1) is 18.2. The Hall–Kier alpha value is -3.16. The van der Waals surface area contributed by atoms with Crippen molar-refractivity contribution in [2.45, 2.75) is 11.7 Å². The molecule has 0 aliphatic rings. The highest BCUT2D eigenvalue weighted by atomic mass is 32.2. The van der Waals surface area contributed by atoms with Crippen molar-refractivity contribution in [2.24, 2.45) is 7.05 Å². The smallest absolute Gasteiger partial charge is 0.210 e. The van der Waals surface area contributed by atoms with Gasteiger partial charge in [0.1, 0.15) is 17.4 Å². The summed E-state index contributed by atoms with van der Waals surface area (Å²) in [6, 6.07) is 13.7. The minimum absolute atomic E-state index is 0.0587. The Morgan fingerprint density at radius 2 is 2.14 bits per heavy atom. The van der Waals surface area contributed by atoms with Crippen LogP contribution in [0.2, 0.25) is 0 Å². The molecule has 8 nitrogen and oxygen atoms in total. The molecule has 4 aromatic rings. The van der Waals surface area contributed by atoms with Gasteiger partial charge in [0.25, 0.3) is 0 Å². The number of para-hydroxylation sites is 2. The van der Waals surface area contributed by atoms with Crippen LogP contribution >= 0.6 is 23.1 Å². The molecule has 1 aromatic carbocycles. The van der Waals surface area contributed by atoms with Crippen molar-refractivity contribution in [1.29, 1.82) is 5.26 Å². The van der Waals surface area contributed by atoms with E-state index in [1.54, 1.807) is 20.6 Å². The third kappa shape index (κ3) is 3.49. The maximum absolute atomic E-state index is 10.6. The lowest BCUT2D eigenvalue weighted by molar-refractivity contribution is 0.420. The van der Waals surface area contributed by atoms with Gasteiger partial charge in [0, 0.05) is 11.9 Å². The maximum Gasteiger partial charge on any atom is 0.210 e. The summed E-state index contributed by atoms with van der Waals surface area (Å²) in [5.41, 5.74) is 1.81. The molecular weight excluding hydrogens is 394 g/mol. The Balaban J connectivity index is 1.57. The Kier molecular flexibility index (Phi) is 5.10. The first-order valence-corrected chi connectivity index (χ1v) is 10.2. The fraction of sp³-hybridized carbons (Fsp3) is 0.167. The van der Waals surface area contributed by atoms with Crippen LogP contribution < -0.4 is 0 Å². The quantitative estimate of drug-likeness (QED) is 0.296. The molecule has 0 saturated carbocycles. The first-order chi connectivity index (χ1) is 13.7. The summed E-state index contributed by atoms with van der Waals surface area (Å²) >= 11 is 2.90. The average Bonchev–Trinajstić information content (AvgIpc) is 3.44. The van der Waals surface area contributed by atoms with Crippen LogP contribution in [0.4, 0.5) is 0 Å². The number of aromatic nitrogens is 6. The number of imidazole rings is 1. The van der Waals surface area contributed by atoms with E-state index >= 15 is 0 Å². The molecule has 4 rings (SSSR count). The lowest BCUT2D eigenvalue weighted by atomic mass is 10.2. The highest BCUT2D eigenvalue weighted by Gasteiger charge is 2.17. The summed E-state index contributed by atoms with van der Waals surface area (Å²) in [7, 11) is 1.82. The van der Waals surface area contributed by atoms with Gasteiger partial charge in [-0.1, -0.05) is 30.0 Å². The molecule has 0 fully saturated rings. The SMILES string of the molecule is Cn1c(/C(C#N)=C(\O)CSc2nnnn2Cc2cccs2)nc2ccccc21. The highest BCUT2D eigenvalue weighted by molar-refractivity contribution is 7.99. The molecule has 140 valence electrons. The van der Waals surface area contributed by atoms with E-state index in [4.69, 9.17) is 0 Å². The van der Waals surface area contributed by atoms with Crippen LogP contribution in [-0.4, -0.2) is 40.6 Å². The van der Waals surface area contributed by atoms with Gasteiger partial charge in [-0.05, 0) is 34.0 Å². The minimum Gasteiger partial charge on any atom is -0.510 e.